The van der Waals surface area contributed by atoms with Crippen LogP contribution in [-0.4, -0.2) is 29.9 Å². The molecule has 1 heterocycles. The largest absolute Gasteiger partial charge is 0.497 e. The summed E-state index contributed by atoms with van der Waals surface area (Å²) in [5.74, 6) is -0.0633. The molecule has 0 aliphatic heterocycles. The van der Waals surface area contributed by atoms with Gasteiger partial charge in [0.2, 0.25) is 5.88 Å². The smallest absolute Gasteiger partial charge is 0.262 e. The fraction of sp³-hybridized carbons (Fsp3) is 0.154. The maximum absolute atomic E-state index is 13.3. The van der Waals surface area contributed by atoms with E-state index in [-0.39, 0.29) is 29.7 Å². The lowest BCUT2D eigenvalue weighted by Gasteiger charge is -2.11. The zero-order chi connectivity index (χ0) is 24.8. The molecule has 0 saturated heterocycles. The van der Waals surface area contributed by atoms with Gasteiger partial charge in [-0.15, -0.1) is 5.10 Å². The van der Waals surface area contributed by atoms with Gasteiger partial charge in [0.15, 0.2) is 0 Å². The molecule has 0 fully saturated rings. The van der Waals surface area contributed by atoms with Crippen LogP contribution in [0.3, 0.4) is 0 Å². The van der Waals surface area contributed by atoms with Crippen molar-refractivity contribution in [3.63, 3.8) is 0 Å². The minimum Gasteiger partial charge on any atom is -0.497 e. The highest BCUT2D eigenvalue weighted by atomic mass is 19.1. The molecule has 1 N–H and O–H groups in total. The molecule has 0 aliphatic rings. The first kappa shape index (κ1) is 23.7. The Morgan fingerprint density at radius 2 is 1.57 bits per heavy atom. The summed E-state index contributed by atoms with van der Waals surface area (Å²) in [5.41, 5.74) is 2.13. The number of rotatable bonds is 9. The molecular weight excluding hydrogens is 456 g/mol. The van der Waals surface area contributed by atoms with Gasteiger partial charge in [-0.1, -0.05) is 24.3 Å². The van der Waals surface area contributed by atoms with E-state index in [4.69, 9.17) is 14.2 Å². The van der Waals surface area contributed by atoms with Crippen LogP contribution >= 0.6 is 0 Å². The van der Waals surface area contributed by atoms with Crippen molar-refractivity contribution >= 4 is 11.6 Å². The minimum atomic E-state index is -0.465. The predicted molar refractivity (Wildman–Crippen MR) is 126 cm³/mol. The molecule has 0 saturated carbocycles. The Morgan fingerprint density at radius 3 is 2.20 bits per heavy atom. The van der Waals surface area contributed by atoms with Crippen molar-refractivity contribution in [3.05, 3.63) is 101 Å². The fourth-order valence-corrected chi connectivity index (χ4v) is 3.35. The summed E-state index contributed by atoms with van der Waals surface area (Å²) in [4.78, 5) is 13.2. The topological polar surface area (TPSA) is 74.6 Å². The standard InChI is InChI=1S/C26H23F2N3O4/c1-33-21-11-12-23(24(13-21)34-2)29-25(32)22-15-31(14-17-3-7-19(27)8-4-17)30-26(22)35-16-18-5-9-20(28)10-6-18/h3-13,15H,14,16H2,1-2H3,(H,29,32). The van der Waals surface area contributed by atoms with Gasteiger partial charge in [0.1, 0.15) is 35.3 Å². The fourth-order valence-electron chi connectivity index (χ4n) is 3.35. The number of hydrogen-bond acceptors (Lipinski definition) is 5. The molecule has 0 atom stereocenters. The van der Waals surface area contributed by atoms with E-state index in [1.165, 1.54) is 43.2 Å². The summed E-state index contributed by atoms with van der Waals surface area (Å²) < 4.78 is 44.4. The normalized spacial score (nSPS) is 10.6. The Balaban J connectivity index is 1.59. The number of benzene rings is 3. The van der Waals surface area contributed by atoms with E-state index in [0.29, 0.717) is 29.3 Å². The van der Waals surface area contributed by atoms with Gasteiger partial charge < -0.3 is 19.5 Å². The molecule has 1 amide bonds. The van der Waals surface area contributed by atoms with E-state index in [1.54, 1.807) is 48.7 Å². The Kier molecular flexibility index (Phi) is 7.25. The van der Waals surface area contributed by atoms with Gasteiger partial charge in [-0.05, 0) is 47.5 Å². The average molecular weight is 479 g/mol. The lowest BCUT2D eigenvalue weighted by atomic mass is 10.2. The lowest BCUT2D eigenvalue weighted by molar-refractivity contribution is 0.102. The molecule has 35 heavy (non-hydrogen) atoms. The third kappa shape index (κ3) is 5.94. The molecule has 0 aliphatic carbocycles. The van der Waals surface area contributed by atoms with Gasteiger partial charge in [-0.25, -0.2) is 8.78 Å². The van der Waals surface area contributed by atoms with Crippen molar-refractivity contribution in [2.45, 2.75) is 13.2 Å². The first-order valence-corrected chi connectivity index (χ1v) is 10.7. The first-order valence-electron chi connectivity index (χ1n) is 10.7. The molecule has 7 nitrogen and oxygen atoms in total. The van der Waals surface area contributed by atoms with Gasteiger partial charge in [0, 0.05) is 12.3 Å². The molecule has 0 unspecified atom stereocenters. The number of amides is 1. The zero-order valence-electron chi connectivity index (χ0n) is 19.1. The maximum Gasteiger partial charge on any atom is 0.262 e. The third-order valence-electron chi connectivity index (χ3n) is 5.18. The van der Waals surface area contributed by atoms with Crippen molar-refractivity contribution in [1.29, 1.82) is 0 Å². The zero-order valence-corrected chi connectivity index (χ0v) is 19.1. The lowest BCUT2D eigenvalue weighted by Crippen LogP contribution is -2.13. The van der Waals surface area contributed by atoms with Gasteiger partial charge in [0.05, 0.1) is 26.5 Å². The number of nitrogens with zero attached hydrogens (tertiary/aromatic N) is 2. The summed E-state index contributed by atoms with van der Waals surface area (Å²) in [6, 6.07) is 16.8. The number of nitrogens with one attached hydrogen (secondary N) is 1. The molecule has 1 aromatic heterocycles. The average Bonchev–Trinajstić information content (AvgIpc) is 3.28. The van der Waals surface area contributed by atoms with Crippen LogP contribution in [0.15, 0.2) is 72.9 Å². The molecule has 0 spiro atoms. The number of carbonyl (C=O) groups is 1. The van der Waals surface area contributed by atoms with Gasteiger partial charge in [-0.3, -0.25) is 9.48 Å². The molecule has 3 aromatic carbocycles. The third-order valence-corrected chi connectivity index (χ3v) is 5.18. The highest BCUT2D eigenvalue weighted by Gasteiger charge is 2.20. The van der Waals surface area contributed by atoms with Crippen molar-refractivity contribution < 1.29 is 27.8 Å². The van der Waals surface area contributed by atoms with Gasteiger partial charge in [-0.2, -0.15) is 0 Å². The van der Waals surface area contributed by atoms with Gasteiger partial charge in [0.25, 0.3) is 5.91 Å². The van der Waals surface area contributed by atoms with Crippen LogP contribution in [-0.2, 0) is 13.2 Å². The Hall–Kier alpha value is -4.40. The van der Waals surface area contributed by atoms with Gasteiger partial charge >= 0.3 is 0 Å². The van der Waals surface area contributed by atoms with Crippen molar-refractivity contribution in [1.82, 2.24) is 9.78 Å². The summed E-state index contributed by atoms with van der Waals surface area (Å²) in [7, 11) is 3.02. The molecule has 4 rings (SSSR count). The predicted octanol–water partition coefficient (Wildman–Crippen LogP) is 5.06. The van der Waals surface area contributed by atoms with Crippen LogP contribution in [0.4, 0.5) is 14.5 Å². The van der Waals surface area contributed by atoms with E-state index in [1.807, 2.05) is 0 Å². The highest BCUT2D eigenvalue weighted by Crippen LogP contribution is 2.30. The van der Waals surface area contributed by atoms with Crippen LogP contribution in [0.1, 0.15) is 21.5 Å². The summed E-state index contributed by atoms with van der Waals surface area (Å²) in [6.45, 7) is 0.381. The second kappa shape index (κ2) is 10.7. The number of halogens is 2. The summed E-state index contributed by atoms with van der Waals surface area (Å²) in [5, 5.41) is 7.22. The molecule has 0 radical (unpaired) electrons. The van der Waals surface area contributed by atoms with Crippen LogP contribution < -0.4 is 19.5 Å². The number of carbonyl (C=O) groups excluding carboxylic acids is 1. The number of aromatic nitrogens is 2. The van der Waals surface area contributed by atoms with E-state index >= 15 is 0 Å². The summed E-state index contributed by atoms with van der Waals surface area (Å²) in [6.07, 6.45) is 1.55. The molecular formula is C26H23F2N3O4. The van der Waals surface area contributed by atoms with Crippen molar-refractivity contribution in [2.24, 2.45) is 0 Å². The quantitative estimate of drug-likeness (QED) is 0.363. The van der Waals surface area contributed by atoms with Crippen LogP contribution in [0, 0.1) is 11.6 Å². The molecule has 9 heteroatoms. The van der Waals surface area contributed by atoms with E-state index in [2.05, 4.69) is 10.4 Å². The monoisotopic (exact) mass is 479 g/mol. The first-order chi connectivity index (χ1) is 16.9. The Labute approximate surface area is 200 Å². The second-order valence-corrected chi connectivity index (χ2v) is 7.61. The number of anilines is 1. The van der Waals surface area contributed by atoms with E-state index in [9.17, 15) is 13.6 Å². The number of hydrogen-bond donors (Lipinski definition) is 1. The van der Waals surface area contributed by atoms with Crippen LogP contribution in [0.2, 0.25) is 0 Å². The van der Waals surface area contributed by atoms with Crippen LogP contribution in [0.25, 0.3) is 0 Å². The highest BCUT2D eigenvalue weighted by molar-refractivity contribution is 6.06. The van der Waals surface area contributed by atoms with Crippen LogP contribution in [0.5, 0.6) is 17.4 Å². The molecule has 180 valence electrons. The number of methoxy groups -OCH3 is 2. The van der Waals surface area contributed by atoms with E-state index in [0.717, 1.165) is 5.56 Å². The summed E-state index contributed by atoms with van der Waals surface area (Å²) >= 11 is 0. The Bertz CT molecular complexity index is 1310. The van der Waals surface area contributed by atoms with E-state index < -0.39 is 5.91 Å². The SMILES string of the molecule is COc1ccc(NC(=O)c2cn(Cc3ccc(F)cc3)nc2OCc2ccc(F)cc2)c(OC)c1. The van der Waals surface area contributed by atoms with Crippen molar-refractivity contribution in [2.75, 3.05) is 19.5 Å². The van der Waals surface area contributed by atoms with Crippen molar-refractivity contribution in [3.8, 4) is 17.4 Å². The molecule has 4 aromatic rings. The second-order valence-electron chi connectivity index (χ2n) is 7.61. The maximum atomic E-state index is 13.3. The Morgan fingerprint density at radius 1 is 0.914 bits per heavy atom. The molecule has 0 bridgehead atoms. The minimum absolute atomic E-state index is 0.0833. The number of ether oxygens (including phenoxy) is 3.